The number of likely N-dealkylation sites (tertiary alicyclic amines) is 1. The largest absolute Gasteiger partial charge is 0.390 e. The molecule has 0 saturated carbocycles. The molecule has 2 heterocycles. The molecule has 0 aromatic carbocycles. The number of carbonyl (C=O) groups is 1. The second kappa shape index (κ2) is 6.42. The van der Waals surface area contributed by atoms with Gasteiger partial charge in [0.25, 0.3) is 5.91 Å². The van der Waals surface area contributed by atoms with Crippen LogP contribution in [-0.2, 0) is 6.42 Å². The Bertz CT molecular complexity index is 447. The normalized spacial score (nSPS) is 15.2. The molecule has 19 heavy (non-hydrogen) atoms. The quantitative estimate of drug-likeness (QED) is 0.838. The van der Waals surface area contributed by atoms with E-state index in [1.54, 1.807) is 11.3 Å². The highest BCUT2D eigenvalue weighted by atomic mass is 32.1. The van der Waals surface area contributed by atoms with E-state index in [0.717, 1.165) is 43.5 Å². The average molecular weight is 280 g/mol. The smallest absolute Gasteiger partial charge is 0.257 e. The van der Waals surface area contributed by atoms with Crippen LogP contribution in [0.25, 0.3) is 0 Å². The predicted molar refractivity (Wildman–Crippen MR) is 81.8 cm³/mol. The maximum Gasteiger partial charge on any atom is 0.257 e. The highest BCUT2D eigenvalue weighted by Crippen LogP contribution is 2.33. The maximum atomic E-state index is 12.5. The van der Waals surface area contributed by atoms with Crippen LogP contribution in [0.4, 0.5) is 5.00 Å². The molecule has 0 aliphatic carbocycles. The van der Waals surface area contributed by atoms with Crippen LogP contribution in [0, 0.1) is 6.92 Å². The minimum atomic E-state index is 0.144. The molecule has 3 nitrogen and oxygen atoms in total. The Morgan fingerprint density at radius 3 is 2.63 bits per heavy atom. The van der Waals surface area contributed by atoms with E-state index in [1.165, 1.54) is 24.1 Å². The fraction of sp³-hybridized carbons (Fsp3) is 0.667. The van der Waals surface area contributed by atoms with E-state index >= 15 is 0 Å². The van der Waals surface area contributed by atoms with E-state index in [4.69, 9.17) is 5.73 Å². The summed E-state index contributed by atoms with van der Waals surface area (Å²) in [5.74, 6) is 0.144. The van der Waals surface area contributed by atoms with E-state index in [9.17, 15) is 4.79 Å². The Morgan fingerprint density at radius 2 is 2.00 bits per heavy atom. The zero-order valence-electron chi connectivity index (χ0n) is 12.0. The van der Waals surface area contributed by atoms with Crippen molar-refractivity contribution in [2.24, 2.45) is 0 Å². The average Bonchev–Trinajstić information content (AvgIpc) is 2.99. The number of hydrogen-bond acceptors (Lipinski definition) is 3. The molecule has 1 saturated heterocycles. The summed E-state index contributed by atoms with van der Waals surface area (Å²) >= 11 is 1.61. The molecular weight excluding hydrogens is 256 g/mol. The zero-order valence-corrected chi connectivity index (χ0v) is 12.8. The summed E-state index contributed by atoms with van der Waals surface area (Å²) in [5.41, 5.74) is 7.98. The first-order valence-corrected chi connectivity index (χ1v) is 8.13. The predicted octanol–water partition coefficient (Wildman–Crippen LogP) is 3.61. The number of anilines is 1. The van der Waals surface area contributed by atoms with Gasteiger partial charge in [0.15, 0.2) is 0 Å². The molecule has 106 valence electrons. The molecular formula is C15H24N2OS. The van der Waals surface area contributed by atoms with Crippen LogP contribution in [0.15, 0.2) is 0 Å². The summed E-state index contributed by atoms with van der Waals surface area (Å²) in [6.07, 6.45) is 6.96. The highest BCUT2D eigenvalue weighted by molar-refractivity contribution is 7.16. The maximum absolute atomic E-state index is 12.5. The highest BCUT2D eigenvalue weighted by Gasteiger charge is 2.25. The Hall–Kier alpha value is -1.03. The third-order valence-electron chi connectivity index (χ3n) is 3.89. The molecule has 0 radical (unpaired) electrons. The molecule has 0 atom stereocenters. The lowest BCUT2D eigenvalue weighted by Crippen LogP contribution is -2.28. The lowest BCUT2D eigenvalue weighted by molar-refractivity contribution is 0.0793. The molecule has 2 rings (SSSR count). The van der Waals surface area contributed by atoms with Crippen LogP contribution >= 0.6 is 11.3 Å². The fourth-order valence-electron chi connectivity index (χ4n) is 2.70. The fourth-order valence-corrected chi connectivity index (χ4v) is 3.81. The van der Waals surface area contributed by atoms with Crippen LogP contribution in [0.5, 0.6) is 0 Å². The van der Waals surface area contributed by atoms with Gasteiger partial charge in [-0.15, -0.1) is 11.3 Å². The summed E-state index contributed by atoms with van der Waals surface area (Å²) in [6, 6.07) is 0. The van der Waals surface area contributed by atoms with Gasteiger partial charge in [0.1, 0.15) is 0 Å². The molecule has 0 unspecified atom stereocenters. The topological polar surface area (TPSA) is 46.3 Å². The van der Waals surface area contributed by atoms with E-state index in [1.807, 2.05) is 4.90 Å². The van der Waals surface area contributed by atoms with Gasteiger partial charge < -0.3 is 10.6 Å². The van der Waals surface area contributed by atoms with Crippen molar-refractivity contribution in [1.29, 1.82) is 0 Å². The minimum absolute atomic E-state index is 0.144. The molecule has 1 aromatic rings. The van der Waals surface area contributed by atoms with Gasteiger partial charge in [-0.3, -0.25) is 4.79 Å². The monoisotopic (exact) mass is 280 g/mol. The van der Waals surface area contributed by atoms with Crippen molar-refractivity contribution in [2.75, 3.05) is 18.8 Å². The van der Waals surface area contributed by atoms with Gasteiger partial charge in [0, 0.05) is 18.0 Å². The van der Waals surface area contributed by atoms with E-state index < -0.39 is 0 Å². The zero-order chi connectivity index (χ0) is 13.8. The number of rotatable bonds is 5. The van der Waals surface area contributed by atoms with Gasteiger partial charge in [0.2, 0.25) is 0 Å². The van der Waals surface area contributed by atoms with Crippen molar-refractivity contribution >= 4 is 22.2 Å². The first kappa shape index (κ1) is 14.4. The Balaban J connectivity index is 2.13. The summed E-state index contributed by atoms with van der Waals surface area (Å²) < 4.78 is 0. The summed E-state index contributed by atoms with van der Waals surface area (Å²) in [6.45, 7) is 6.03. The number of unbranched alkanes of at least 4 members (excludes halogenated alkanes) is 2. The van der Waals surface area contributed by atoms with Crippen LogP contribution in [-0.4, -0.2) is 23.9 Å². The molecule has 0 spiro atoms. The number of nitrogen functional groups attached to an aromatic ring is 1. The van der Waals surface area contributed by atoms with Crippen LogP contribution in [0.1, 0.15) is 59.8 Å². The number of carbonyl (C=O) groups excluding carboxylic acids is 1. The van der Waals surface area contributed by atoms with Crippen LogP contribution in [0.2, 0.25) is 0 Å². The number of amides is 1. The Kier molecular flexibility index (Phi) is 4.86. The standard InChI is InChI=1S/C15H24N2OS/c1-3-4-5-8-12-11(2)13(14(16)19-12)15(18)17-9-6-7-10-17/h3-10,16H2,1-2H3. The summed E-state index contributed by atoms with van der Waals surface area (Å²) in [5, 5.41) is 0.709. The van der Waals surface area contributed by atoms with E-state index in [0.29, 0.717) is 5.00 Å². The van der Waals surface area contributed by atoms with Crippen molar-refractivity contribution in [3.05, 3.63) is 16.0 Å². The number of nitrogens with zero attached hydrogens (tertiary/aromatic N) is 1. The SMILES string of the molecule is CCCCCc1sc(N)c(C(=O)N2CCCC2)c1C. The van der Waals surface area contributed by atoms with Gasteiger partial charge in [-0.2, -0.15) is 0 Å². The van der Waals surface area contributed by atoms with E-state index in [-0.39, 0.29) is 5.91 Å². The first-order valence-electron chi connectivity index (χ1n) is 7.32. The third kappa shape index (κ3) is 3.11. The van der Waals surface area contributed by atoms with Gasteiger partial charge in [-0.05, 0) is 38.2 Å². The molecule has 1 aliphatic heterocycles. The van der Waals surface area contributed by atoms with Crippen molar-refractivity contribution < 1.29 is 4.79 Å². The van der Waals surface area contributed by atoms with Crippen molar-refractivity contribution in [1.82, 2.24) is 4.90 Å². The van der Waals surface area contributed by atoms with Crippen molar-refractivity contribution in [3.8, 4) is 0 Å². The molecule has 1 aromatic heterocycles. The van der Waals surface area contributed by atoms with E-state index in [2.05, 4.69) is 13.8 Å². The molecule has 1 aliphatic rings. The molecule has 1 amide bonds. The van der Waals surface area contributed by atoms with Crippen LogP contribution in [0.3, 0.4) is 0 Å². The van der Waals surface area contributed by atoms with Crippen molar-refractivity contribution in [2.45, 2.75) is 52.4 Å². The van der Waals surface area contributed by atoms with Gasteiger partial charge in [-0.25, -0.2) is 0 Å². The van der Waals surface area contributed by atoms with Gasteiger partial charge in [-0.1, -0.05) is 19.8 Å². The number of thiophene rings is 1. The van der Waals surface area contributed by atoms with Crippen molar-refractivity contribution in [3.63, 3.8) is 0 Å². The number of nitrogens with two attached hydrogens (primary N) is 1. The number of hydrogen-bond donors (Lipinski definition) is 1. The van der Waals surface area contributed by atoms with Crippen LogP contribution < -0.4 is 5.73 Å². The lowest BCUT2D eigenvalue weighted by Gasteiger charge is -2.15. The molecule has 4 heteroatoms. The summed E-state index contributed by atoms with van der Waals surface area (Å²) in [7, 11) is 0. The molecule has 0 bridgehead atoms. The Labute approximate surface area is 119 Å². The van der Waals surface area contributed by atoms with Gasteiger partial charge >= 0.3 is 0 Å². The summed E-state index contributed by atoms with van der Waals surface area (Å²) in [4.78, 5) is 15.7. The molecule has 2 N–H and O–H groups in total. The number of aryl methyl sites for hydroxylation is 1. The Morgan fingerprint density at radius 1 is 1.32 bits per heavy atom. The second-order valence-corrected chi connectivity index (χ2v) is 6.48. The second-order valence-electron chi connectivity index (χ2n) is 5.35. The molecule has 1 fully saturated rings. The third-order valence-corrected chi connectivity index (χ3v) is 5.07. The van der Waals surface area contributed by atoms with Gasteiger partial charge in [0.05, 0.1) is 10.6 Å². The lowest BCUT2D eigenvalue weighted by atomic mass is 10.1. The first-order chi connectivity index (χ1) is 9.15. The minimum Gasteiger partial charge on any atom is -0.390 e.